The Bertz CT molecular complexity index is 479. The summed E-state index contributed by atoms with van der Waals surface area (Å²) in [6.07, 6.45) is 5.16. The number of hydrogen-bond donors (Lipinski definition) is 1. The molecular formula is C11H17N5O2. The first-order valence-electron chi connectivity index (χ1n) is 5.87. The van der Waals surface area contributed by atoms with Gasteiger partial charge in [-0.3, -0.25) is 0 Å². The molecule has 2 N–H and O–H groups in total. The van der Waals surface area contributed by atoms with E-state index in [-0.39, 0.29) is 0 Å². The van der Waals surface area contributed by atoms with E-state index >= 15 is 0 Å². The Hall–Kier alpha value is -1.73. The molecule has 0 fully saturated rings. The third-order valence-corrected chi connectivity index (χ3v) is 2.46. The summed E-state index contributed by atoms with van der Waals surface area (Å²) in [5.41, 5.74) is 6.14. The quantitative estimate of drug-likeness (QED) is 0.719. The minimum Gasteiger partial charge on any atom is -0.385 e. The van der Waals surface area contributed by atoms with E-state index in [1.165, 1.54) is 0 Å². The molecule has 0 atom stereocenters. The van der Waals surface area contributed by atoms with E-state index in [4.69, 9.17) is 15.0 Å². The molecule has 18 heavy (non-hydrogen) atoms. The van der Waals surface area contributed by atoms with Crippen LogP contribution >= 0.6 is 0 Å². The summed E-state index contributed by atoms with van der Waals surface area (Å²) < 4.78 is 12.0. The van der Waals surface area contributed by atoms with Crippen molar-refractivity contribution < 1.29 is 9.26 Å². The van der Waals surface area contributed by atoms with E-state index in [1.54, 1.807) is 13.4 Å². The van der Waals surface area contributed by atoms with Crippen LogP contribution in [-0.4, -0.2) is 40.0 Å². The number of hydrogen-bond acceptors (Lipinski definition) is 6. The van der Waals surface area contributed by atoms with Crippen LogP contribution in [0.5, 0.6) is 0 Å². The molecule has 0 unspecified atom stereocenters. The van der Waals surface area contributed by atoms with E-state index in [0.717, 1.165) is 19.4 Å². The van der Waals surface area contributed by atoms with Gasteiger partial charge in [-0.2, -0.15) is 4.98 Å². The molecule has 2 aromatic heterocycles. The highest BCUT2D eigenvalue weighted by Crippen LogP contribution is 2.14. The molecule has 0 aromatic carbocycles. The summed E-state index contributed by atoms with van der Waals surface area (Å²) in [6.45, 7) is 1.98. The van der Waals surface area contributed by atoms with E-state index in [1.807, 2.05) is 10.8 Å². The number of aromatic nitrogens is 4. The van der Waals surface area contributed by atoms with Crippen LogP contribution in [0.15, 0.2) is 17.0 Å². The lowest BCUT2D eigenvalue weighted by atomic mass is 10.3. The number of aryl methyl sites for hydroxylation is 1. The first-order chi connectivity index (χ1) is 8.83. The Kier molecular flexibility index (Phi) is 4.43. The zero-order valence-electron chi connectivity index (χ0n) is 10.4. The standard InChI is InChI=1S/C11H17N5O2/c1-17-6-2-3-10-14-11(18-15-10)9-7-16(5-4-12)8-13-9/h7-8H,2-6,12H2,1H3. The number of methoxy groups -OCH3 is 1. The van der Waals surface area contributed by atoms with Crippen LogP contribution < -0.4 is 5.73 Å². The summed E-state index contributed by atoms with van der Waals surface area (Å²) >= 11 is 0. The molecule has 0 aliphatic rings. The Morgan fingerprint density at radius 2 is 2.39 bits per heavy atom. The predicted octanol–water partition coefficient (Wildman–Crippen LogP) is 0.471. The molecule has 0 spiro atoms. The number of ether oxygens (including phenoxy) is 1. The summed E-state index contributed by atoms with van der Waals surface area (Å²) in [6, 6.07) is 0. The lowest BCUT2D eigenvalue weighted by molar-refractivity contribution is 0.194. The SMILES string of the molecule is COCCCc1noc(-c2cn(CCN)cn2)n1. The van der Waals surface area contributed by atoms with E-state index < -0.39 is 0 Å². The molecule has 7 nitrogen and oxygen atoms in total. The van der Waals surface area contributed by atoms with Crippen molar-refractivity contribution in [1.82, 2.24) is 19.7 Å². The second-order valence-electron chi connectivity index (χ2n) is 3.90. The number of imidazole rings is 1. The Morgan fingerprint density at radius 1 is 1.50 bits per heavy atom. The van der Waals surface area contributed by atoms with Gasteiger partial charge in [-0.1, -0.05) is 5.16 Å². The average molecular weight is 251 g/mol. The van der Waals surface area contributed by atoms with Gasteiger partial charge in [-0.05, 0) is 6.42 Å². The zero-order valence-corrected chi connectivity index (χ0v) is 10.4. The maximum absolute atomic E-state index is 5.47. The molecule has 7 heteroatoms. The molecule has 0 saturated heterocycles. The maximum Gasteiger partial charge on any atom is 0.278 e. The minimum atomic E-state index is 0.443. The first kappa shape index (κ1) is 12.7. The van der Waals surface area contributed by atoms with Crippen molar-refractivity contribution in [2.75, 3.05) is 20.3 Å². The third-order valence-electron chi connectivity index (χ3n) is 2.46. The first-order valence-corrected chi connectivity index (χ1v) is 5.87. The molecule has 0 amide bonds. The average Bonchev–Trinajstić information content (AvgIpc) is 2.98. The van der Waals surface area contributed by atoms with Gasteiger partial charge < -0.3 is 19.6 Å². The Balaban J connectivity index is 1.99. The molecular weight excluding hydrogens is 234 g/mol. The third kappa shape index (κ3) is 3.14. The van der Waals surface area contributed by atoms with Crippen LogP contribution in [0, 0.1) is 0 Å². The largest absolute Gasteiger partial charge is 0.385 e. The van der Waals surface area contributed by atoms with Gasteiger partial charge in [-0.25, -0.2) is 4.98 Å². The van der Waals surface area contributed by atoms with Crippen LogP contribution in [0.4, 0.5) is 0 Å². The van der Waals surface area contributed by atoms with Crippen LogP contribution in [0.3, 0.4) is 0 Å². The Morgan fingerprint density at radius 3 is 3.17 bits per heavy atom. The van der Waals surface area contributed by atoms with Gasteiger partial charge in [-0.15, -0.1) is 0 Å². The number of rotatable bonds is 7. The fourth-order valence-electron chi connectivity index (χ4n) is 1.58. The maximum atomic E-state index is 5.47. The normalized spacial score (nSPS) is 11.0. The van der Waals surface area contributed by atoms with Gasteiger partial charge in [0.05, 0.1) is 6.33 Å². The summed E-state index contributed by atoms with van der Waals surface area (Å²) in [5, 5.41) is 3.90. The summed E-state index contributed by atoms with van der Waals surface area (Å²) in [5.74, 6) is 1.12. The molecule has 98 valence electrons. The molecule has 2 rings (SSSR count). The molecule has 2 aromatic rings. The lowest BCUT2D eigenvalue weighted by Crippen LogP contribution is -2.07. The fourth-order valence-corrected chi connectivity index (χ4v) is 1.58. The lowest BCUT2D eigenvalue weighted by Gasteiger charge is -1.94. The van der Waals surface area contributed by atoms with Crippen LogP contribution in [-0.2, 0) is 17.7 Å². The van der Waals surface area contributed by atoms with Gasteiger partial charge in [0.2, 0.25) is 0 Å². The van der Waals surface area contributed by atoms with Crippen LogP contribution in [0.2, 0.25) is 0 Å². The van der Waals surface area contributed by atoms with Crippen LogP contribution in [0.25, 0.3) is 11.6 Å². The van der Waals surface area contributed by atoms with E-state index in [2.05, 4.69) is 15.1 Å². The van der Waals surface area contributed by atoms with Crippen molar-refractivity contribution in [3.8, 4) is 11.6 Å². The van der Waals surface area contributed by atoms with Crippen molar-refractivity contribution in [1.29, 1.82) is 0 Å². The second kappa shape index (κ2) is 6.27. The summed E-state index contributed by atoms with van der Waals surface area (Å²) in [4.78, 5) is 8.49. The van der Waals surface area contributed by atoms with Crippen molar-refractivity contribution >= 4 is 0 Å². The minimum absolute atomic E-state index is 0.443. The highest BCUT2D eigenvalue weighted by molar-refractivity contribution is 5.44. The molecule has 0 aliphatic heterocycles. The topological polar surface area (TPSA) is 92.0 Å². The highest BCUT2D eigenvalue weighted by atomic mass is 16.5. The molecule has 0 saturated carbocycles. The van der Waals surface area contributed by atoms with E-state index in [9.17, 15) is 0 Å². The van der Waals surface area contributed by atoms with Gasteiger partial charge in [0, 0.05) is 39.4 Å². The van der Waals surface area contributed by atoms with Crippen LogP contribution in [0.1, 0.15) is 12.2 Å². The molecule has 0 bridgehead atoms. The predicted molar refractivity (Wildman–Crippen MR) is 64.8 cm³/mol. The van der Waals surface area contributed by atoms with Gasteiger partial charge in [0.1, 0.15) is 5.69 Å². The van der Waals surface area contributed by atoms with Crippen molar-refractivity contribution in [3.05, 3.63) is 18.3 Å². The number of nitrogens with two attached hydrogens (primary N) is 1. The highest BCUT2D eigenvalue weighted by Gasteiger charge is 2.11. The molecule has 0 aliphatic carbocycles. The smallest absolute Gasteiger partial charge is 0.278 e. The van der Waals surface area contributed by atoms with Crippen molar-refractivity contribution in [3.63, 3.8) is 0 Å². The zero-order chi connectivity index (χ0) is 12.8. The van der Waals surface area contributed by atoms with Gasteiger partial charge in [0.25, 0.3) is 5.89 Å². The van der Waals surface area contributed by atoms with E-state index in [0.29, 0.717) is 30.6 Å². The molecule has 2 heterocycles. The van der Waals surface area contributed by atoms with Crippen molar-refractivity contribution in [2.45, 2.75) is 19.4 Å². The van der Waals surface area contributed by atoms with Crippen molar-refractivity contribution in [2.24, 2.45) is 5.73 Å². The van der Waals surface area contributed by atoms with Gasteiger partial charge in [0.15, 0.2) is 5.82 Å². The molecule has 0 radical (unpaired) electrons. The van der Waals surface area contributed by atoms with Gasteiger partial charge >= 0.3 is 0 Å². The number of nitrogens with zero attached hydrogens (tertiary/aromatic N) is 4. The second-order valence-corrected chi connectivity index (χ2v) is 3.90. The monoisotopic (exact) mass is 251 g/mol. The summed E-state index contributed by atoms with van der Waals surface area (Å²) in [7, 11) is 1.67. The fraction of sp³-hybridized carbons (Fsp3) is 0.545. The Labute approximate surface area is 105 Å².